The van der Waals surface area contributed by atoms with E-state index >= 15 is 0 Å². The average Bonchev–Trinajstić information content (AvgIpc) is 2.41. The van der Waals surface area contributed by atoms with Crippen molar-refractivity contribution in [3.05, 3.63) is 34.9 Å². The fourth-order valence-corrected chi connectivity index (χ4v) is 2.17. The maximum atomic E-state index is 5.56. The molecule has 0 bridgehead atoms. The fraction of sp³-hybridized carbons (Fsp3) is 0.538. The van der Waals surface area contributed by atoms with Gasteiger partial charge in [-0.05, 0) is 35.4 Å². The number of rotatable bonds is 1. The summed E-state index contributed by atoms with van der Waals surface area (Å²) in [5.74, 6) is 0.628. The molecule has 0 saturated carbocycles. The third kappa shape index (κ3) is 1.83. The summed E-state index contributed by atoms with van der Waals surface area (Å²) in [7, 11) is 0. The van der Waals surface area contributed by atoms with E-state index in [1.54, 1.807) is 5.56 Å². The minimum atomic E-state index is 0.628. The van der Waals surface area contributed by atoms with Gasteiger partial charge in [-0.1, -0.05) is 32.0 Å². The summed E-state index contributed by atoms with van der Waals surface area (Å²) in [5, 5.41) is 0. The second kappa shape index (κ2) is 4.14. The average molecular weight is 190 g/mol. The van der Waals surface area contributed by atoms with Crippen LogP contribution in [0.25, 0.3) is 0 Å². The van der Waals surface area contributed by atoms with Crippen molar-refractivity contribution in [2.24, 2.45) is 0 Å². The van der Waals surface area contributed by atoms with Crippen LogP contribution >= 0.6 is 0 Å². The lowest BCUT2D eigenvalue weighted by Crippen LogP contribution is -1.99. The summed E-state index contributed by atoms with van der Waals surface area (Å²) in [6, 6.07) is 6.62. The van der Waals surface area contributed by atoms with Crippen molar-refractivity contribution in [1.29, 1.82) is 0 Å². The first-order valence-electron chi connectivity index (χ1n) is 5.47. The molecule has 0 fully saturated rings. The van der Waals surface area contributed by atoms with Gasteiger partial charge in [-0.25, -0.2) is 0 Å². The van der Waals surface area contributed by atoms with Crippen molar-refractivity contribution in [3.8, 4) is 0 Å². The van der Waals surface area contributed by atoms with E-state index in [0.717, 1.165) is 19.6 Å². The Balaban J connectivity index is 2.42. The Kier molecular flexibility index (Phi) is 2.87. The molecular weight excluding hydrogens is 172 g/mol. The molecule has 76 valence electrons. The van der Waals surface area contributed by atoms with Gasteiger partial charge in [0.1, 0.15) is 0 Å². The van der Waals surface area contributed by atoms with Crippen LogP contribution in [0.5, 0.6) is 0 Å². The molecule has 1 aromatic carbocycles. The van der Waals surface area contributed by atoms with Gasteiger partial charge in [0, 0.05) is 6.61 Å². The Hall–Kier alpha value is -0.820. The smallest absolute Gasteiger partial charge is 0.0719 e. The Morgan fingerprint density at radius 1 is 1.29 bits per heavy atom. The van der Waals surface area contributed by atoms with Crippen LogP contribution in [0.3, 0.4) is 0 Å². The van der Waals surface area contributed by atoms with Gasteiger partial charge in [0.25, 0.3) is 0 Å². The molecule has 0 atom stereocenters. The highest BCUT2D eigenvalue weighted by atomic mass is 16.5. The predicted octanol–water partition coefficient (Wildman–Crippen LogP) is 3.27. The summed E-state index contributed by atoms with van der Waals surface area (Å²) < 4.78 is 5.56. The first-order valence-corrected chi connectivity index (χ1v) is 5.47. The van der Waals surface area contributed by atoms with Crippen LogP contribution in [0.15, 0.2) is 18.2 Å². The second-order valence-electron chi connectivity index (χ2n) is 4.30. The van der Waals surface area contributed by atoms with E-state index in [1.165, 1.54) is 17.5 Å². The first kappa shape index (κ1) is 9.72. The van der Waals surface area contributed by atoms with Crippen molar-refractivity contribution in [1.82, 2.24) is 0 Å². The molecule has 1 heteroatoms. The third-order valence-electron chi connectivity index (χ3n) is 2.90. The van der Waals surface area contributed by atoms with Crippen molar-refractivity contribution in [3.63, 3.8) is 0 Å². The van der Waals surface area contributed by atoms with Crippen LogP contribution in [-0.2, 0) is 17.8 Å². The van der Waals surface area contributed by atoms with Crippen molar-refractivity contribution >= 4 is 0 Å². The molecule has 0 spiro atoms. The monoisotopic (exact) mass is 190 g/mol. The Bertz CT molecular complexity index is 315. The van der Waals surface area contributed by atoms with E-state index < -0.39 is 0 Å². The normalized spacial score (nSPS) is 16.5. The topological polar surface area (TPSA) is 9.23 Å². The zero-order valence-electron chi connectivity index (χ0n) is 9.05. The lowest BCUT2D eigenvalue weighted by atomic mass is 9.91. The molecule has 0 saturated heterocycles. The minimum Gasteiger partial charge on any atom is -0.377 e. The molecule has 1 aliphatic heterocycles. The van der Waals surface area contributed by atoms with Gasteiger partial charge in [-0.2, -0.15) is 0 Å². The predicted molar refractivity (Wildman–Crippen MR) is 58.5 cm³/mol. The minimum absolute atomic E-state index is 0.628. The SMILES string of the molecule is CC(C)c1cccc2c1CCCOC2. The fourth-order valence-electron chi connectivity index (χ4n) is 2.17. The number of ether oxygens (including phenoxy) is 1. The molecule has 0 unspecified atom stereocenters. The molecule has 1 nitrogen and oxygen atoms in total. The molecule has 0 radical (unpaired) electrons. The third-order valence-corrected chi connectivity index (χ3v) is 2.90. The lowest BCUT2D eigenvalue weighted by Gasteiger charge is -2.14. The number of benzene rings is 1. The van der Waals surface area contributed by atoms with Gasteiger partial charge < -0.3 is 4.74 Å². The van der Waals surface area contributed by atoms with Gasteiger partial charge in [0.15, 0.2) is 0 Å². The van der Waals surface area contributed by atoms with E-state index in [4.69, 9.17) is 4.74 Å². The van der Waals surface area contributed by atoms with Crippen molar-refractivity contribution < 1.29 is 4.74 Å². The van der Waals surface area contributed by atoms with E-state index in [0.29, 0.717) is 5.92 Å². The van der Waals surface area contributed by atoms with Crippen molar-refractivity contribution in [2.75, 3.05) is 6.61 Å². The maximum absolute atomic E-state index is 5.56. The molecule has 0 amide bonds. The Morgan fingerprint density at radius 3 is 2.93 bits per heavy atom. The molecular formula is C13H18O. The molecule has 1 heterocycles. The molecule has 0 aliphatic carbocycles. The Labute approximate surface area is 86.1 Å². The van der Waals surface area contributed by atoms with Crippen molar-refractivity contribution in [2.45, 2.75) is 39.2 Å². The maximum Gasteiger partial charge on any atom is 0.0719 e. The van der Waals surface area contributed by atoms with E-state index in [9.17, 15) is 0 Å². The number of fused-ring (bicyclic) bond motifs is 1. The lowest BCUT2D eigenvalue weighted by molar-refractivity contribution is 0.125. The zero-order chi connectivity index (χ0) is 9.97. The van der Waals surface area contributed by atoms with Crippen LogP contribution in [0.1, 0.15) is 42.9 Å². The molecule has 0 aromatic heterocycles. The van der Waals surface area contributed by atoms with Crippen LogP contribution in [0, 0.1) is 0 Å². The summed E-state index contributed by atoms with van der Waals surface area (Å²) in [6.45, 7) is 6.24. The highest BCUT2D eigenvalue weighted by molar-refractivity contribution is 5.37. The molecule has 2 rings (SSSR count). The van der Waals surface area contributed by atoms with Gasteiger partial charge >= 0.3 is 0 Å². The first-order chi connectivity index (χ1) is 6.79. The highest BCUT2D eigenvalue weighted by Crippen LogP contribution is 2.26. The van der Waals surface area contributed by atoms with E-state index in [2.05, 4.69) is 32.0 Å². The highest BCUT2D eigenvalue weighted by Gasteiger charge is 2.13. The van der Waals surface area contributed by atoms with E-state index in [-0.39, 0.29) is 0 Å². The summed E-state index contributed by atoms with van der Waals surface area (Å²) >= 11 is 0. The van der Waals surface area contributed by atoms with Gasteiger partial charge in [0.2, 0.25) is 0 Å². The molecule has 1 aliphatic rings. The zero-order valence-corrected chi connectivity index (χ0v) is 9.05. The number of hydrogen-bond donors (Lipinski definition) is 0. The molecule has 14 heavy (non-hydrogen) atoms. The Morgan fingerprint density at radius 2 is 2.14 bits per heavy atom. The molecule has 1 aromatic rings. The van der Waals surface area contributed by atoms with Crippen LogP contribution in [0.4, 0.5) is 0 Å². The van der Waals surface area contributed by atoms with Gasteiger partial charge in [-0.15, -0.1) is 0 Å². The standard InChI is InChI=1S/C13H18O/c1-10(2)12-6-3-5-11-9-14-8-4-7-13(11)12/h3,5-6,10H,4,7-9H2,1-2H3. The summed E-state index contributed by atoms with van der Waals surface area (Å²) in [6.07, 6.45) is 2.35. The van der Waals surface area contributed by atoms with Gasteiger partial charge in [0.05, 0.1) is 6.61 Å². The van der Waals surface area contributed by atoms with Crippen LogP contribution in [0.2, 0.25) is 0 Å². The van der Waals surface area contributed by atoms with Crippen LogP contribution in [-0.4, -0.2) is 6.61 Å². The second-order valence-corrected chi connectivity index (χ2v) is 4.30. The summed E-state index contributed by atoms with van der Waals surface area (Å²) in [5.41, 5.74) is 4.45. The summed E-state index contributed by atoms with van der Waals surface area (Å²) in [4.78, 5) is 0. The number of hydrogen-bond acceptors (Lipinski definition) is 1. The molecule has 0 N–H and O–H groups in total. The van der Waals surface area contributed by atoms with E-state index in [1.807, 2.05) is 0 Å². The largest absolute Gasteiger partial charge is 0.377 e. The quantitative estimate of drug-likeness (QED) is 0.660. The van der Waals surface area contributed by atoms with Gasteiger partial charge in [-0.3, -0.25) is 0 Å². The van der Waals surface area contributed by atoms with Crippen LogP contribution < -0.4 is 0 Å².